The fraction of sp³-hybridized carbons (Fsp3) is 0.792. The van der Waals surface area contributed by atoms with Gasteiger partial charge >= 0.3 is 0 Å². The minimum atomic E-state index is -0.694. The molecule has 2 aliphatic carbocycles. The van der Waals surface area contributed by atoms with Gasteiger partial charge in [-0.15, -0.1) is 0 Å². The number of nitrogens with zero attached hydrogens (tertiary/aromatic N) is 1. The van der Waals surface area contributed by atoms with Crippen molar-refractivity contribution in [1.29, 1.82) is 0 Å². The van der Waals surface area contributed by atoms with Crippen LogP contribution >= 0.6 is 0 Å². The van der Waals surface area contributed by atoms with E-state index in [2.05, 4.69) is 10.6 Å². The van der Waals surface area contributed by atoms with Crippen LogP contribution in [0.25, 0.3) is 0 Å². The van der Waals surface area contributed by atoms with E-state index >= 15 is 0 Å². The lowest BCUT2D eigenvalue weighted by Gasteiger charge is -2.36. The minimum absolute atomic E-state index is 0.0107. The summed E-state index contributed by atoms with van der Waals surface area (Å²) < 4.78 is 0. The molecule has 0 unspecified atom stereocenters. The Morgan fingerprint density at radius 1 is 1.16 bits per heavy atom. The Hall–Kier alpha value is -1.89. The molecule has 0 aromatic carbocycles. The maximum Gasteiger partial charge on any atom is 0.243 e. The molecule has 0 bridgehead atoms. The maximum absolute atomic E-state index is 13.8. The lowest BCUT2D eigenvalue weighted by atomic mass is 9.68. The second-order valence-corrected chi connectivity index (χ2v) is 9.73. The molecule has 6 atom stereocenters. The summed E-state index contributed by atoms with van der Waals surface area (Å²) in [7, 11) is 1.59. The highest BCUT2D eigenvalue weighted by molar-refractivity contribution is 5.97. The number of carbonyl (C=O) groups is 3. The number of nitrogens with one attached hydrogen (secondary N) is 2. The number of hydrogen-bond donors (Lipinski definition) is 3. The molecule has 31 heavy (non-hydrogen) atoms. The van der Waals surface area contributed by atoms with Gasteiger partial charge < -0.3 is 20.6 Å². The van der Waals surface area contributed by atoms with Crippen LogP contribution in [-0.4, -0.2) is 59.5 Å². The van der Waals surface area contributed by atoms with E-state index in [9.17, 15) is 19.5 Å². The molecule has 1 heterocycles. The van der Waals surface area contributed by atoms with Gasteiger partial charge in [0, 0.05) is 19.0 Å². The summed E-state index contributed by atoms with van der Waals surface area (Å²) in [5.74, 6) is -1.99. The topological polar surface area (TPSA) is 98.7 Å². The van der Waals surface area contributed by atoms with Gasteiger partial charge in [0.05, 0.1) is 24.5 Å². The quantitative estimate of drug-likeness (QED) is 0.534. The van der Waals surface area contributed by atoms with Crippen LogP contribution in [0.5, 0.6) is 0 Å². The molecule has 1 saturated heterocycles. The molecule has 2 fully saturated rings. The second-order valence-electron chi connectivity index (χ2n) is 9.73. The fourth-order valence-corrected chi connectivity index (χ4v) is 5.87. The number of carbonyl (C=O) groups excluding carboxylic acids is 3. The van der Waals surface area contributed by atoms with Crippen LogP contribution in [0.4, 0.5) is 0 Å². The van der Waals surface area contributed by atoms with Crippen molar-refractivity contribution in [2.75, 3.05) is 13.7 Å². The van der Waals surface area contributed by atoms with Crippen LogP contribution in [0.15, 0.2) is 12.2 Å². The number of rotatable bonds is 7. The summed E-state index contributed by atoms with van der Waals surface area (Å²) in [6.07, 6.45) is 10.1. The normalized spacial score (nSPS) is 32.1. The summed E-state index contributed by atoms with van der Waals surface area (Å²) >= 11 is 0. The molecule has 3 N–H and O–H groups in total. The van der Waals surface area contributed by atoms with Crippen LogP contribution in [0.3, 0.4) is 0 Å². The first-order valence-electron chi connectivity index (χ1n) is 12.0. The lowest BCUT2D eigenvalue weighted by Crippen LogP contribution is -2.55. The predicted octanol–water partition coefficient (Wildman–Crippen LogP) is 1.85. The average molecular weight is 434 g/mol. The highest BCUT2D eigenvalue weighted by Gasteiger charge is 2.58. The summed E-state index contributed by atoms with van der Waals surface area (Å²) in [6, 6.07) is -1.02. The first-order chi connectivity index (χ1) is 14.8. The van der Waals surface area contributed by atoms with Crippen molar-refractivity contribution in [2.24, 2.45) is 29.6 Å². The highest BCUT2D eigenvalue weighted by atomic mass is 16.3. The Morgan fingerprint density at radius 2 is 1.84 bits per heavy atom. The first-order valence-corrected chi connectivity index (χ1v) is 12.0. The van der Waals surface area contributed by atoms with Crippen LogP contribution < -0.4 is 10.6 Å². The number of aliphatic hydroxyl groups excluding tert-OH is 1. The van der Waals surface area contributed by atoms with Crippen molar-refractivity contribution in [3.63, 3.8) is 0 Å². The van der Waals surface area contributed by atoms with E-state index in [0.717, 1.165) is 32.1 Å². The van der Waals surface area contributed by atoms with Crippen LogP contribution in [0.2, 0.25) is 0 Å². The Labute approximate surface area is 186 Å². The SMILES string of the molecule is CC[C@@H]1C=C[C@H]2[C@H](C(=O)N([C@@H](CO)C(C)C)[C@@H]2C(=O)NC2CCCCC2)[C@@H]1C(=O)NC. The molecular weight excluding hydrogens is 394 g/mol. The molecule has 7 heteroatoms. The summed E-state index contributed by atoms with van der Waals surface area (Å²) in [6.45, 7) is 5.71. The summed E-state index contributed by atoms with van der Waals surface area (Å²) in [5.41, 5.74) is 0. The number of allylic oxidation sites excluding steroid dienone is 1. The molecular formula is C24H39N3O4. The molecule has 0 aromatic rings. The number of likely N-dealkylation sites (tertiary alicyclic amines) is 1. The van der Waals surface area contributed by atoms with Crippen molar-refractivity contribution >= 4 is 17.7 Å². The lowest BCUT2D eigenvalue weighted by molar-refractivity contribution is -0.144. The zero-order valence-corrected chi connectivity index (χ0v) is 19.3. The van der Waals surface area contributed by atoms with Crippen LogP contribution in [0, 0.1) is 29.6 Å². The van der Waals surface area contributed by atoms with E-state index in [0.29, 0.717) is 0 Å². The predicted molar refractivity (Wildman–Crippen MR) is 119 cm³/mol. The molecule has 0 radical (unpaired) electrons. The number of aliphatic hydroxyl groups is 1. The van der Waals surface area contributed by atoms with E-state index in [-0.39, 0.29) is 48.1 Å². The Bertz CT molecular complexity index is 701. The second kappa shape index (κ2) is 10.2. The Balaban J connectivity index is 1.99. The van der Waals surface area contributed by atoms with Crippen LogP contribution in [0.1, 0.15) is 59.3 Å². The number of amides is 3. The standard InChI is InChI=1S/C24H39N3O4/c1-5-15-11-12-17-20(19(15)22(29)25-4)24(31)27(18(13-28)14(2)3)21(17)23(30)26-16-9-7-6-8-10-16/h11-12,14-21,28H,5-10,13H2,1-4H3,(H,25,29)(H,26,30)/t15-,17+,18+,19-,20+,21+/m1/s1. The van der Waals surface area contributed by atoms with E-state index < -0.39 is 23.9 Å². The minimum Gasteiger partial charge on any atom is -0.394 e. The van der Waals surface area contributed by atoms with Crippen LogP contribution in [-0.2, 0) is 14.4 Å². The average Bonchev–Trinajstić information content (AvgIpc) is 3.06. The first kappa shape index (κ1) is 23.8. The van der Waals surface area contributed by atoms with Crippen molar-refractivity contribution in [3.05, 3.63) is 12.2 Å². The number of fused-ring (bicyclic) bond motifs is 1. The fourth-order valence-electron chi connectivity index (χ4n) is 5.87. The van der Waals surface area contributed by atoms with Gasteiger partial charge in [0.25, 0.3) is 0 Å². The van der Waals surface area contributed by atoms with E-state index in [4.69, 9.17) is 0 Å². The zero-order chi connectivity index (χ0) is 22.7. The largest absolute Gasteiger partial charge is 0.394 e. The highest BCUT2D eigenvalue weighted by Crippen LogP contribution is 2.46. The van der Waals surface area contributed by atoms with Gasteiger partial charge in [-0.1, -0.05) is 52.2 Å². The van der Waals surface area contributed by atoms with Gasteiger partial charge in [-0.3, -0.25) is 14.4 Å². The maximum atomic E-state index is 13.8. The molecule has 1 aliphatic heterocycles. The smallest absolute Gasteiger partial charge is 0.243 e. The van der Waals surface area contributed by atoms with Gasteiger partial charge in [-0.05, 0) is 31.1 Å². The molecule has 7 nitrogen and oxygen atoms in total. The molecule has 174 valence electrons. The molecule has 0 spiro atoms. The van der Waals surface area contributed by atoms with Gasteiger partial charge in [0.15, 0.2) is 0 Å². The molecule has 1 saturated carbocycles. The third kappa shape index (κ3) is 4.52. The van der Waals surface area contributed by atoms with Crippen molar-refractivity contribution in [2.45, 2.75) is 77.4 Å². The summed E-state index contributed by atoms with van der Waals surface area (Å²) in [4.78, 5) is 41.7. The molecule has 3 rings (SSSR count). The molecule has 3 amide bonds. The molecule has 3 aliphatic rings. The van der Waals surface area contributed by atoms with E-state index in [1.165, 1.54) is 6.42 Å². The van der Waals surface area contributed by atoms with Crippen molar-refractivity contribution in [3.8, 4) is 0 Å². The van der Waals surface area contributed by atoms with Gasteiger partial charge in [0.2, 0.25) is 17.7 Å². The van der Waals surface area contributed by atoms with Gasteiger partial charge in [-0.25, -0.2) is 0 Å². The number of hydrogen-bond acceptors (Lipinski definition) is 4. The van der Waals surface area contributed by atoms with Crippen molar-refractivity contribution < 1.29 is 19.5 Å². The molecule has 0 aromatic heterocycles. The third-order valence-electron chi connectivity index (χ3n) is 7.60. The Morgan fingerprint density at radius 3 is 2.39 bits per heavy atom. The van der Waals surface area contributed by atoms with Gasteiger partial charge in [0.1, 0.15) is 6.04 Å². The van der Waals surface area contributed by atoms with E-state index in [1.807, 2.05) is 32.9 Å². The van der Waals surface area contributed by atoms with Crippen molar-refractivity contribution in [1.82, 2.24) is 15.5 Å². The zero-order valence-electron chi connectivity index (χ0n) is 19.3. The van der Waals surface area contributed by atoms with Gasteiger partial charge in [-0.2, -0.15) is 0 Å². The van der Waals surface area contributed by atoms with E-state index in [1.54, 1.807) is 11.9 Å². The summed E-state index contributed by atoms with van der Waals surface area (Å²) in [5, 5.41) is 16.1. The Kier molecular flexibility index (Phi) is 7.78. The monoisotopic (exact) mass is 433 g/mol. The third-order valence-corrected chi connectivity index (χ3v) is 7.60.